The molecule has 3 N–H and O–H groups in total. The van der Waals surface area contributed by atoms with Crippen molar-refractivity contribution in [3.05, 3.63) is 0 Å². The molecule has 0 aliphatic heterocycles. The quantitative estimate of drug-likeness (QED) is 0.500. The minimum atomic E-state index is -1.16. The molecule has 0 saturated carbocycles. The predicted molar refractivity (Wildman–Crippen MR) is 61.1 cm³/mol. The van der Waals surface area contributed by atoms with Gasteiger partial charge in [0.2, 0.25) is 0 Å². The highest BCUT2D eigenvalue weighted by atomic mass is 16.5. The highest BCUT2D eigenvalue weighted by Crippen LogP contribution is 1.88. The number of ether oxygens (including phenoxy) is 2. The van der Waals surface area contributed by atoms with E-state index in [1.165, 1.54) is 7.11 Å². The first-order valence-electron chi connectivity index (χ1n) is 5.44. The number of rotatable bonds is 8. The third-order valence-electron chi connectivity index (χ3n) is 1.93. The van der Waals surface area contributed by atoms with E-state index in [4.69, 9.17) is 5.11 Å². The maximum atomic E-state index is 11.2. The van der Waals surface area contributed by atoms with Crippen molar-refractivity contribution in [3.8, 4) is 0 Å². The molecular weight excluding hydrogens is 244 g/mol. The fraction of sp³-hybridized carbons (Fsp3) is 0.700. The summed E-state index contributed by atoms with van der Waals surface area (Å²) in [5.41, 5.74) is 0. The maximum Gasteiger partial charge on any atom is 0.334 e. The lowest BCUT2D eigenvalue weighted by Crippen LogP contribution is -2.43. The Bertz CT molecular complexity index is 294. The van der Waals surface area contributed by atoms with Gasteiger partial charge < -0.3 is 25.2 Å². The van der Waals surface area contributed by atoms with Crippen LogP contribution in [0.2, 0.25) is 0 Å². The van der Waals surface area contributed by atoms with Gasteiger partial charge in [0, 0.05) is 13.7 Å². The summed E-state index contributed by atoms with van der Waals surface area (Å²) in [5.74, 6) is -1.57. The number of urea groups is 1. The first-order valence-corrected chi connectivity index (χ1v) is 5.44. The van der Waals surface area contributed by atoms with Gasteiger partial charge in [0.15, 0.2) is 6.10 Å². The summed E-state index contributed by atoms with van der Waals surface area (Å²) in [7, 11) is 1.24. The first kappa shape index (κ1) is 16.2. The van der Waals surface area contributed by atoms with E-state index < -0.39 is 24.1 Å². The van der Waals surface area contributed by atoms with Crippen molar-refractivity contribution in [1.82, 2.24) is 10.6 Å². The Labute approximate surface area is 105 Å². The molecule has 0 bridgehead atoms. The number of hydrogen-bond acceptors (Lipinski definition) is 5. The number of aliphatic carboxylic acids is 1. The Hall–Kier alpha value is -1.83. The summed E-state index contributed by atoms with van der Waals surface area (Å²) < 4.78 is 9.28. The molecule has 0 aromatic rings. The predicted octanol–water partition coefficient (Wildman–Crippen LogP) is -0.662. The van der Waals surface area contributed by atoms with Gasteiger partial charge in [0.1, 0.15) is 0 Å². The highest BCUT2D eigenvalue weighted by molar-refractivity contribution is 5.77. The molecule has 0 heterocycles. The average molecular weight is 262 g/mol. The Morgan fingerprint density at radius 3 is 2.44 bits per heavy atom. The molecule has 1 atom stereocenters. The number of amides is 2. The summed E-state index contributed by atoms with van der Waals surface area (Å²) in [6, 6.07) is -0.567. The van der Waals surface area contributed by atoms with Gasteiger partial charge in [0.25, 0.3) is 0 Å². The van der Waals surface area contributed by atoms with Crippen molar-refractivity contribution in [2.45, 2.75) is 19.4 Å². The van der Waals surface area contributed by atoms with Crippen LogP contribution in [-0.2, 0) is 19.1 Å². The zero-order chi connectivity index (χ0) is 14.0. The van der Waals surface area contributed by atoms with Crippen molar-refractivity contribution in [1.29, 1.82) is 0 Å². The topological polar surface area (TPSA) is 114 Å². The molecule has 0 aromatic carbocycles. The van der Waals surface area contributed by atoms with Crippen molar-refractivity contribution in [3.63, 3.8) is 0 Å². The number of methoxy groups -OCH3 is 1. The monoisotopic (exact) mass is 262 g/mol. The minimum Gasteiger partial charge on any atom is -0.479 e. The summed E-state index contributed by atoms with van der Waals surface area (Å²) in [5, 5.41) is 13.3. The van der Waals surface area contributed by atoms with Crippen molar-refractivity contribution in [2.24, 2.45) is 0 Å². The second-order valence-electron chi connectivity index (χ2n) is 3.25. The van der Waals surface area contributed by atoms with Crippen molar-refractivity contribution >= 4 is 18.0 Å². The van der Waals surface area contributed by atoms with Gasteiger partial charge in [-0.15, -0.1) is 0 Å². The lowest BCUT2D eigenvalue weighted by molar-refractivity contribution is -0.148. The SMILES string of the molecule is CCOC(=O)CCNC(=O)NCC(OC)C(=O)O. The van der Waals surface area contributed by atoms with Gasteiger partial charge >= 0.3 is 18.0 Å². The molecule has 8 heteroatoms. The van der Waals surface area contributed by atoms with Gasteiger partial charge in [0.05, 0.1) is 19.6 Å². The Morgan fingerprint density at radius 2 is 1.94 bits per heavy atom. The molecule has 0 rings (SSSR count). The van der Waals surface area contributed by atoms with Gasteiger partial charge in [-0.2, -0.15) is 0 Å². The van der Waals surface area contributed by atoms with Crippen LogP contribution >= 0.6 is 0 Å². The number of esters is 1. The second-order valence-corrected chi connectivity index (χ2v) is 3.25. The number of carboxylic acid groups (broad SMARTS) is 1. The van der Waals surface area contributed by atoms with E-state index in [1.54, 1.807) is 6.92 Å². The molecule has 8 nitrogen and oxygen atoms in total. The molecule has 0 spiro atoms. The number of carbonyl (C=O) groups is 3. The smallest absolute Gasteiger partial charge is 0.334 e. The van der Waals surface area contributed by atoms with Crippen LogP contribution in [0.3, 0.4) is 0 Å². The van der Waals surface area contributed by atoms with Crippen LogP contribution in [0.25, 0.3) is 0 Å². The second kappa shape index (κ2) is 9.23. The number of carbonyl (C=O) groups excluding carboxylic acids is 2. The highest BCUT2D eigenvalue weighted by Gasteiger charge is 2.16. The number of nitrogens with one attached hydrogen (secondary N) is 2. The molecule has 104 valence electrons. The molecular formula is C10H18N2O6. The lowest BCUT2D eigenvalue weighted by atomic mass is 10.3. The third-order valence-corrected chi connectivity index (χ3v) is 1.93. The van der Waals surface area contributed by atoms with E-state index in [0.29, 0.717) is 6.61 Å². The van der Waals surface area contributed by atoms with E-state index in [0.717, 1.165) is 0 Å². The molecule has 0 radical (unpaired) electrons. The van der Waals surface area contributed by atoms with Gasteiger partial charge in [-0.1, -0.05) is 0 Å². The van der Waals surface area contributed by atoms with Crippen LogP contribution < -0.4 is 10.6 Å². The van der Waals surface area contributed by atoms with Crippen LogP contribution in [0.15, 0.2) is 0 Å². The normalized spacial score (nSPS) is 11.4. The first-order chi connectivity index (χ1) is 8.51. The zero-order valence-corrected chi connectivity index (χ0v) is 10.4. The van der Waals surface area contributed by atoms with Crippen LogP contribution in [-0.4, -0.2) is 56.0 Å². The Balaban J connectivity index is 3.71. The summed E-state index contributed by atoms with van der Waals surface area (Å²) >= 11 is 0. The van der Waals surface area contributed by atoms with E-state index in [2.05, 4.69) is 20.1 Å². The van der Waals surface area contributed by atoms with Gasteiger partial charge in [-0.05, 0) is 6.92 Å². The summed E-state index contributed by atoms with van der Waals surface area (Å²) in [6.07, 6.45) is -1.03. The molecule has 0 aliphatic rings. The molecule has 18 heavy (non-hydrogen) atoms. The largest absolute Gasteiger partial charge is 0.479 e. The minimum absolute atomic E-state index is 0.0634. The third kappa shape index (κ3) is 7.44. The standard InChI is InChI=1S/C10H18N2O6/c1-3-18-8(13)4-5-11-10(16)12-6-7(17-2)9(14)15/h7H,3-6H2,1-2H3,(H,14,15)(H2,11,12,16). The van der Waals surface area contributed by atoms with Gasteiger partial charge in [-0.3, -0.25) is 4.79 Å². The molecule has 1 unspecified atom stereocenters. The van der Waals surface area contributed by atoms with Crippen molar-refractivity contribution in [2.75, 3.05) is 26.8 Å². The summed E-state index contributed by atoms with van der Waals surface area (Å²) in [4.78, 5) is 32.7. The van der Waals surface area contributed by atoms with E-state index >= 15 is 0 Å². The molecule has 0 saturated heterocycles. The Morgan fingerprint density at radius 1 is 1.28 bits per heavy atom. The molecule has 0 aromatic heterocycles. The fourth-order valence-electron chi connectivity index (χ4n) is 1.03. The van der Waals surface area contributed by atoms with E-state index in [-0.39, 0.29) is 19.5 Å². The molecule has 2 amide bonds. The van der Waals surface area contributed by atoms with Crippen molar-refractivity contribution < 1.29 is 29.0 Å². The Kier molecular flexibility index (Phi) is 8.29. The number of carboxylic acids is 1. The molecule has 0 aliphatic carbocycles. The van der Waals surface area contributed by atoms with E-state index in [9.17, 15) is 14.4 Å². The van der Waals surface area contributed by atoms with Crippen LogP contribution in [0.4, 0.5) is 4.79 Å². The molecule has 0 fully saturated rings. The maximum absolute atomic E-state index is 11.2. The zero-order valence-electron chi connectivity index (χ0n) is 10.4. The van der Waals surface area contributed by atoms with Crippen LogP contribution in [0.1, 0.15) is 13.3 Å². The van der Waals surface area contributed by atoms with E-state index in [1.807, 2.05) is 0 Å². The lowest BCUT2D eigenvalue weighted by Gasteiger charge is -2.12. The fourth-order valence-corrected chi connectivity index (χ4v) is 1.03. The summed E-state index contributed by atoms with van der Waals surface area (Å²) in [6.45, 7) is 1.94. The number of hydrogen-bond donors (Lipinski definition) is 3. The van der Waals surface area contributed by atoms with Crippen LogP contribution in [0.5, 0.6) is 0 Å². The average Bonchev–Trinajstić information content (AvgIpc) is 2.29. The van der Waals surface area contributed by atoms with Crippen LogP contribution in [0, 0.1) is 0 Å². The van der Waals surface area contributed by atoms with Gasteiger partial charge in [-0.25, -0.2) is 9.59 Å².